The zero-order valence-corrected chi connectivity index (χ0v) is 29.6. The minimum atomic E-state index is -1.02. The van der Waals surface area contributed by atoms with Crippen molar-refractivity contribution in [1.29, 1.82) is 0 Å². The van der Waals surface area contributed by atoms with Gasteiger partial charge >= 0.3 is 11.9 Å². The number of nitrogens with one attached hydrogen (secondary N) is 1. The summed E-state index contributed by atoms with van der Waals surface area (Å²) in [6.45, 7) is 6.70. The summed E-state index contributed by atoms with van der Waals surface area (Å²) in [5, 5.41) is 23.1. The van der Waals surface area contributed by atoms with Crippen molar-refractivity contribution in [2.45, 2.75) is 135 Å². The molecule has 0 aliphatic heterocycles. The number of esters is 1. The van der Waals surface area contributed by atoms with E-state index in [2.05, 4.69) is 31.4 Å². The molecule has 266 valence electrons. The van der Waals surface area contributed by atoms with Crippen LogP contribution in [-0.2, 0) is 23.9 Å². The molecule has 0 aromatic rings. The van der Waals surface area contributed by atoms with E-state index >= 15 is 0 Å². The van der Waals surface area contributed by atoms with Gasteiger partial charge in [0.1, 0.15) is 6.10 Å². The maximum absolute atomic E-state index is 13.9. The second-order valence-corrected chi connectivity index (χ2v) is 14.5. The highest BCUT2D eigenvalue weighted by Crippen LogP contribution is 2.48. The van der Waals surface area contributed by atoms with Gasteiger partial charge in [-0.3, -0.25) is 9.59 Å². The van der Waals surface area contributed by atoms with Crippen molar-refractivity contribution in [1.82, 2.24) is 5.32 Å². The molecule has 1 amide bonds. The average Bonchev–Trinajstić information content (AvgIpc) is 3.37. The molecule has 0 aromatic carbocycles. The first-order valence-electron chi connectivity index (χ1n) is 18.4. The molecule has 7 atom stereocenters. The predicted octanol–water partition coefficient (Wildman–Crippen LogP) is 7.57. The Labute approximate surface area is 288 Å². The number of thiol groups is 1. The Morgan fingerprint density at radius 3 is 2.55 bits per heavy atom. The summed E-state index contributed by atoms with van der Waals surface area (Å²) >= 11 is 4.27. The fourth-order valence-electron chi connectivity index (χ4n) is 7.86. The summed E-state index contributed by atoms with van der Waals surface area (Å²) in [5.74, 6) is -0.105. The molecule has 3 rings (SSSR count). The van der Waals surface area contributed by atoms with Crippen LogP contribution in [0, 0.1) is 29.6 Å². The van der Waals surface area contributed by atoms with Gasteiger partial charge in [0.05, 0.1) is 23.7 Å². The first kappa shape index (κ1) is 39.2. The molecule has 0 heterocycles. The number of amides is 1. The van der Waals surface area contributed by atoms with Gasteiger partial charge in [-0.05, 0) is 93.8 Å². The van der Waals surface area contributed by atoms with E-state index in [0.717, 1.165) is 94.8 Å². The highest BCUT2D eigenvalue weighted by atomic mass is 32.1. The van der Waals surface area contributed by atoms with E-state index in [1.807, 2.05) is 18.2 Å². The van der Waals surface area contributed by atoms with E-state index in [1.165, 1.54) is 0 Å². The molecule has 2 unspecified atom stereocenters. The fraction of sp³-hybridized carbons (Fsp3) is 0.763. The van der Waals surface area contributed by atoms with Crippen LogP contribution in [0.25, 0.3) is 0 Å². The van der Waals surface area contributed by atoms with Gasteiger partial charge in [-0.25, -0.2) is 4.79 Å². The number of carboxylic acid groups (broad SMARTS) is 1. The van der Waals surface area contributed by atoms with Gasteiger partial charge in [-0.15, -0.1) is 0 Å². The average molecular weight is 676 g/mol. The number of ether oxygens (including phenoxy) is 2. The van der Waals surface area contributed by atoms with Crippen LogP contribution in [0.3, 0.4) is 0 Å². The van der Waals surface area contributed by atoms with E-state index in [0.29, 0.717) is 44.4 Å². The van der Waals surface area contributed by atoms with Crippen LogP contribution in [0.15, 0.2) is 36.1 Å². The molecule has 2 fully saturated rings. The molecule has 47 heavy (non-hydrogen) atoms. The zero-order chi connectivity index (χ0) is 34.0. The molecule has 3 N–H and O–H groups in total. The zero-order valence-electron chi connectivity index (χ0n) is 28.7. The van der Waals surface area contributed by atoms with E-state index in [9.17, 15) is 19.5 Å². The number of aliphatic carboxylic acids is 1. The Morgan fingerprint density at radius 1 is 1.04 bits per heavy atom. The molecule has 0 saturated heterocycles. The Morgan fingerprint density at radius 2 is 1.81 bits per heavy atom. The summed E-state index contributed by atoms with van der Waals surface area (Å²) in [6, 6.07) is 0. The number of hydrogen-bond donors (Lipinski definition) is 4. The Bertz CT molecular complexity index is 1060. The number of aliphatic hydroxyl groups excluding tert-OH is 1. The smallest absolute Gasteiger partial charge is 0.341 e. The van der Waals surface area contributed by atoms with E-state index in [-0.39, 0.29) is 54.4 Å². The van der Waals surface area contributed by atoms with Crippen molar-refractivity contribution in [3.8, 4) is 0 Å². The molecule has 9 heteroatoms. The highest BCUT2D eigenvalue weighted by Gasteiger charge is 2.46. The summed E-state index contributed by atoms with van der Waals surface area (Å²) in [5.41, 5.74) is 0.964. The van der Waals surface area contributed by atoms with Gasteiger partial charge in [-0.2, -0.15) is 12.6 Å². The number of carbonyl (C=O) groups excluding carboxylic acids is 2. The summed E-state index contributed by atoms with van der Waals surface area (Å²) in [6.07, 6.45) is 20.6. The number of carbonyl (C=O) groups is 3. The van der Waals surface area contributed by atoms with Crippen LogP contribution < -0.4 is 5.32 Å². The maximum atomic E-state index is 13.9. The number of allylic oxidation sites excluding steroid dienone is 5. The summed E-state index contributed by atoms with van der Waals surface area (Å²) in [4.78, 5) is 38.4. The van der Waals surface area contributed by atoms with Crippen LogP contribution in [0.5, 0.6) is 0 Å². The lowest BCUT2D eigenvalue weighted by Gasteiger charge is -2.32. The molecule has 2 saturated carbocycles. The highest BCUT2D eigenvalue weighted by molar-refractivity contribution is 7.80. The van der Waals surface area contributed by atoms with Crippen LogP contribution in [0.4, 0.5) is 0 Å². The summed E-state index contributed by atoms with van der Waals surface area (Å²) in [7, 11) is 0. The van der Waals surface area contributed by atoms with E-state index in [4.69, 9.17) is 14.6 Å². The minimum absolute atomic E-state index is 0.0306. The maximum Gasteiger partial charge on any atom is 0.341 e. The lowest BCUT2D eigenvalue weighted by atomic mass is 9.78. The number of carboxylic acids is 1. The minimum Gasteiger partial charge on any atom is -0.486 e. The van der Waals surface area contributed by atoms with Crippen molar-refractivity contribution in [2.75, 3.05) is 18.9 Å². The van der Waals surface area contributed by atoms with Crippen molar-refractivity contribution in [3.05, 3.63) is 36.1 Å². The van der Waals surface area contributed by atoms with Gasteiger partial charge in [0.2, 0.25) is 5.91 Å². The Kier molecular flexibility index (Phi) is 18.1. The molecule has 3 aliphatic carbocycles. The number of unbranched alkanes of at least 4 members (excludes halogenated alkanes) is 5. The van der Waals surface area contributed by atoms with E-state index < -0.39 is 11.9 Å². The third-order valence-electron chi connectivity index (χ3n) is 10.5. The monoisotopic (exact) mass is 675 g/mol. The SMILES string of the molecule is C=C1/C=C\C=C(\OCC(=O)O)CC[C@H]2C[C@@H](OC(=O)C3CCCCC3C(=O)NCCCCCCS)[C@H](CC[C@@H](O)CCCCC)[C@H]2C1. The lowest BCUT2D eigenvalue weighted by molar-refractivity contribution is -0.162. The van der Waals surface area contributed by atoms with Crippen LogP contribution in [-0.4, -0.2) is 59.2 Å². The lowest BCUT2D eigenvalue weighted by Crippen LogP contribution is -2.42. The second-order valence-electron chi connectivity index (χ2n) is 14.0. The quantitative estimate of drug-likeness (QED) is 0.0633. The summed E-state index contributed by atoms with van der Waals surface area (Å²) < 4.78 is 12.0. The van der Waals surface area contributed by atoms with Gasteiger partial charge < -0.3 is 25.0 Å². The second kappa shape index (κ2) is 21.7. The third-order valence-corrected chi connectivity index (χ3v) is 10.8. The predicted molar refractivity (Wildman–Crippen MR) is 189 cm³/mol. The molecule has 8 nitrogen and oxygen atoms in total. The largest absolute Gasteiger partial charge is 0.486 e. The fourth-order valence-corrected chi connectivity index (χ4v) is 8.09. The molecular weight excluding hydrogens is 614 g/mol. The molecule has 0 bridgehead atoms. The molecule has 0 radical (unpaired) electrons. The van der Waals surface area contributed by atoms with Gasteiger partial charge in [0, 0.05) is 13.0 Å². The number of hydrogen-bond acceptors (Lipinski definition) is 7. The molecule has 0 spiro atoms. The van der Waals surface area contributed by atoms with Crippen molar-refractivity contribution >= 4 is 30.5 Å². The molecule has 3 aliphatic rings. The topological polar surface area (TPSA) is 122 Å². The third kappa shape index (κ3) is 13.6. The number of fused-ring (bicyclic) bond motifs is 1. The van der Waals surface area contributed by atoms with Crippen molar-refractivity contribution in [2.24, 2.45) is 29.6 Å². The standard InChI is InChI=1S/C38H61NO7S/c1-3-4-7-14-29(40)19-21-31-34-24-27(2)13-12-15-30(45-26-36(41)42)20-18-28(34)25-35(31)46-38(44)33-17-9-8-16-32(33)37(43)39-22-10-5-6-11-23-47/h12-13,15,28-29,31-35,40,47H,2-11,14,16-26H2,1H3,(H,39,43)(H,41,42)/b13-12-,30-15+/t28-,29-,31+,32?,33?,34-,35+/m0/s1. The number of aliphatic hydroxyl groups is 1. The van der Waals surface area contributed by atoms with Crippen LogP contribution in [0.2, 0.25) is 0 Å². The first-order chi connectivity index (χ1) is 22.7. The normalized spacial score (nSPS) is 28.7. The van der Waals surface area contributed by atoms with E-state index in [1.54, 1.807) is 0 Å². The Hall–Kier alpha value is -2.26. The Balaban J connectivity index is 1.73. The van der Waals surface area contributed by atoms with Gasteiger partial charge in [0.15, 0.2) is 6.61 Å². The van der Waals surface area contributed by atoms with Crippen LogP contribution >= 0.6 is 12.6 Å². The van der Waals surface area contributed by atoms with Crippen molar-refractivity contribution in [3.63, 3.8) is 0 Å². The number of rotatable bonds is 19. The molecular formula is C38H61NO7S. The van der Waals surface area contributed by atoms with Crippen LogP contribution in [0.1, 0.15) is 122 Å². The first-order valence-corrected chi connectivity index (χ1v) is 19.0. The van der Waals surface area contributed by atoms with Gasteiger partial charge in [0.25, 0.3) is 0 Å². The molecule has 0 aromatic heterocycles. The van der Waals surface area contributed by atoms with Crippen molar-refractivity contribution < 1.29 is 34.1 Å². The van der Waals surface area contributed by atoms with Gasteiger partial charge in [-0.1, -0.05) is 76.2 Å².